The molecule has 0 fully saturated rings. The highest BCUT2D eigenvalue weighted by atomic mass is 32.2. The van der Waals surface area contributed by atoms with Gasteiger partial charge in [-0.25, -0.2) is 0 Å². The Morgan fingerprint density at radius 3 is 3.36 bits per heavy atom. The number of thiophene rings is 1. The van der Waals surface area contributed by atoms with Gasteiger partial charge in [0.2, 0.25) is 0 Å². The van der Waals surface area contributed by atoms with Crippen LogP contribution in [0.1, 0.15) is 16.5 Å². The fraction of sp³-hybridized carbons (Fsp3) is 0.500. The van der Waals surface area contributed by atoms with Gasteiger partial charge in [0.1, 0.15) is 0 Å². The zero-order chi connectivity index (χ0) is 7.68. The van der Waals surface area contributed by atoms with Gasteiger partial charge in [-0.1, -0.05) is 0 Å². The van der Waals surface area contributed by atoms with Crippen LogP contribution >= 0.6 is 23.1 Å². The van der Waals surface area contributed by atoms with Crippen LogP contribution in [-0.4, -0.2) is 12.8 Å². The van der Waals surface area contributed by atoms with Gasteiger partial charge in [0, 0.05) is 22.4 Å². The van der Waals surface area contributed by atoms with E-state index in [-0.39, 0.29) is 0 Å². The van der Waals surface area contributed by atoms with E-state index in [4.69, 9.17) is 0 Å². The van der Waals surface area contributed by atoms with E-state index in [1.807, 2.05) is 30.1 Å². The van der Waals surface area contributed by atoms with Crippen LogP contribution in [0.5, 0.6) is 0 Å². The van der Waals surface area contributed by atoms with E-state index in [1.165, 1.54) is 17.1 Å². The molecule has 0 aliphatic carbocycles. The molecule has 0 bridgehead atoms. The molecule has 0 amide bonds. The summed E-state index contributed by atoms with van der Waals surface area (Å²) >= 11 is 3.91. The Morgan fingerprint density at radius 1 is 1.64 bits per heavy atom. The minimum Gasteiger partial charge on any atom is -0.312 e. The smallest absolute Gasteiger partial charge is 0.0420 e. The SMILES string of the molecule is CNC1CSCc2sccc21. The summed E-state index contributed by atoms with van der Waals surface area (Å²) in [6, 6.07) is 2.84. The van der Waals surface area contributed by atoms with Crippen molar-refractivity contribution in [2.45, 2.75) is 11.8 Å². The van der Waals surface area contributed by atoms with Crippen molar-refractivity contribution in [2.75, 3.05) is 12.8 Å². The van der Waals surface area contributed by atoms with Gasteiger partial charge >= 0.3 is 0 Å². The van der Waals surface area contributed by atoms with Crippen LogP contribution in [0.4, 0.5) is 0 Å². The van der Waals surface area contributed by atoms with Crippen LogP contribution in [0, 0.1) is 0 Å². The molecule has 0 radical (unpaired) electrons. The maximum Gasteiger partial charge on any atom is 0.0420 e. The molecule has 1 nitrogen and oxygen atoms in total. The quantitative estimate of drug-likeness (QED) is 0.720. The molecule has 1 N–H and O–H groups in total. The normalized spacial score (nSPS) is 23.2. The summed E-state index contributed by atoms with van der Waals surface area (Å²) in [5, 5.41) is 5.53. The molecule has 60 valence electrons. The predicted octanol–water partition coefficient (Wildman–Crippen LogP) is 2.26. The van der Waals surface area contributed by atoms with Gasteiger partial charge in [-0.2, -0.15) is 11.8 Å². The molecule has 2 heterocycles. The van der Waals surface area contributed by atoms with Gasteiger partial charge in [0.25, 0.3) is 0 Å². The van der Waals surface area contributed by atoms with Crippen LogP contribution in [-0.2, 0) is 5.75 Å². The number of hydrogen-bond donors (Lipinski definition) is 1. The molecule has 0 spiro atoms. The first-order valence-corrected chi connectivity index (χ1v) is 5.76. The number of hydrogen-bond acceptors (Lipinski definition) is 3. The molecule has 11 heavy (non-hydrogen) atoms. The molecule has 2 rings (SSSR count). The predicted molar refractivity (Wildman–Crippen MR) is 52.3 cm³/mol. The van der Waals surface area contributed by atoms with E-state index in [1.54, 1.807) is 4.88 Å². The Balaban J connectivity index is 2.32. The molecule has 0 saturated heterocycles. The number of thioether (sulfide) groups is 1. The van der Waals surface area contributed by atoms with Crippen molar-refractivity contribution in [1.82, 2.24) is 5.32 Å². The number of fused-ring (bicyclic) bond motifs is 1. The van der Waals surface area contributed by atoms with Crippen LogP contribution in [0.15, 0.2) is 11.4 Å². The molecule has 1 aromatic rings. The zero-order valence-electron chi connectivity index (χ0n) is 6.46. The van der Waals surface area contributed by atoms with E-state index in [0.717, 1.165) is 0 Å². The van der Waals surface area contributed by atoms with Crippen molar-refractivity contribution in [2.24, 2.45) is 0 Å². The van der Waals surface area contributed by atoms with E-state index >= 15 is 0 Å². The Hall–Kier alpha value is 0.0100. The van der Waals surface area contributed by atoms with Crippen molar-refractivity contribution in [3.8, 4) is 0 Å². The monoisotopic (exact) mass is 185 g/mol. The zero-order valence-corrected chi connectivity index (χ0v) is 8.10. The molecule has 1 aromatic heterocycles. The summed E-state index contributed by atoms with van der Waals surface area (Å²) in [5.74, 6) is 2.44. The third kappa shape index (κ3) is 1.33. The highest BCUT2D eigenvalue weighted by Crippen LogP contribution is 2.34. The summed E-state index contributed by atoms with van der Waals surface area (Å²) in [6.45, 7) is 0. The van der Waals surface area contributed by atoms with E-state index < -0.39 is 0 Å². The molecule has 1 aliphatic rings. The average molecular weight is 185 g/mol. The highest BCUT2D eigenvalue weighted by Gasteiger charge is 2.19. The van der Waals surface area contributed by atoms with Gasteiger partial charge in [0.15, 0.2) is 0 Å². The topological polar surface area (TPSA) is 12.0 Å². The summed E-state index contributed by atoms with van der Waals surface area (Å²) < 4.78 is 0. The molecular formula is C8H11NS2. The largest absolute Gasteiger partial charge is 0.312 e. The maximum atomic E-state index is 3.33. The van der Waals surface area contributed by atoms with Gasteiger partial charge in [-0.15, -0.1) is 11.3 Å². The fourth-order valence-corrected chi connectivity index (χ4v) is 3.68. The summed E-state index contributed by atoms with van der Waals surface area (Å²) in [4.78, 5) is 1.56. The second kappa shape index (κ2) is 3.17. The lowest BCUT2D eigenvalue weighted by atomic mass is 10.1. The first-order chi connectivity index (χ1) is 5.42. The van der Waals surface area contributed by atoms with Crippen LogP contribution in [0.3, 0.4) is 0 Å². The third-order valence-electron chi connectivity index (χ3n) is 2.02. The molecule has 1 atom stereocenters. The Labute approximate surface area is 75.2 Å². The van der Waals surface area contributed by atoms with Crippen LogP contribution in [0.25, 0.3) is 0 Å². The average Bonchev–Trinajstić information content (AvgIpc) is 2.50. The fourth-order valence-electron chi connectivity index (χ4n) is 1.38. The number of nitrogens with one attached hydrogen (secondary N) is 1. The summed E-state index contributed by atoms with van der Waals surface area (Å²) in [7, 11) is 2.04. The van der Waals surface area contributed by atoms with Crippen molar-refractivity contribution in [3.63, 3.8) is 0 Å². The lowest BCUT2D eigenvalue weighted by Gasteiger charge is -2.21. The van der Waals surface area contributed by atoms with Crippen molar-refractivity contribution in [1.29, 1.82) is 0 Å². The van der Waals surface area contributed by atoms with Gasteiger partial charge in [-0.05, 0) is 24.1 Å². The highest BCUT2D eigenvalue weighted by molar-refractivity contribution is 7.98. The van der Waals surface area contributed by atoms with Crippen molar-refractivity contribution >= 4 is 23.1 Å². The van der Waals surface area contributed by atoms with Gasteiger partial charge in [-0.3, -0.25) is 0 Å². The Morgan fingerprint density at radius 2 is 2.55 bits per heavy atom. The summed E-state index contributed by atoms with van der Waals surface area (Å²) in [6.07, 6.45) is 0. The molecule has 0 saturated carbocycles. The minimum atomic E-state index is 0.593. The molecule has 3 heteroatoms. The third-order valence-corrected chi connectivity index (χ3v) is 4.20. The molecule has 1 unspecified atom stereocenters. The van der Waals surface area contributed by atoms with Crippen molar-refractivity contribution in [3.05, 3.63) is 21.9 Å². The first-order valence-electron chi connectivity index (χ1n) is 3.73. The van der Waals surface area contributed by atoms with Crippen LogP contribution < -0.4 is 5.32 Å². The van der Waals surface area contributed by atoms with E-state index in [0.29, 0.717) is 6.04 Å². The second-order valence-corrected chi connectivity index (χ2v) is 4.69. The Kier molecular flexibility index (Phi) is 2.20. The van der Waals surface area contributed by atoms with Crippen molar-refractivity contribution < 1.29 is 0 Å². The molecule has 1 aliphatic heterocycles. The molecule has 0 aromatic carbocycles. The lowest BCUT2D eigenvalue weighted by molar-refractivity contribution is 0.655. The standard InChI is InChI=1S/C8H11NS2/c1-9-7-4-10-5-8-6(7)2-3-11-8/h2-3,7,9H,4-5H2,1H3. The lowest BCUT2D eigenvalue weighted by Crippen LogP contribution is -2.21. The first kappa shape index (κ1) is 7.65. The summed E-state index contributed by atoms with van der Waals surface area (Å²) in [5.41, 5.74) is 1.52. The van der Waals surface area contributed by atoms with Gasteiger partial charge < -0.3 is 5.32 Å². The minimum absolute atomic E-state index is 0.593. The second-order valence-electron chi connectivity index (χ2n) is 2.66. The van der Waals surface area contributed by atoms with Gasteiger partial charge in [0.05, 0.1) is 0 Å². The van der Waals surface area contributed by atoms with E-state index in [9.17, 15) is 0 Å². The van der Waals surface area contributed by atoms with E-state index in [2.05, 4.69) is 16.8 Å². The van der Waals surface area contributed by atoms with Crippen LogP contribution in [0.2, 0.25) is 0 Å². The Bertz CT molecular complexity index is 244. The molecular weight excluding hydrogens is 174 g/mol. The maximum absolute atomic E-state index is 3.33. The number of rotatable bonds is 1.